The zero-order valence-corrected chi connectivity index (χ0v) is 13.0. The molecule has 0 spiro atoms. The molecule has 0 radical (unpaired) electrons. The minimum absolute atomic E-state index is 0.618. The van der Waals surface area contributed by atoms with Gasteiger partial charge in [0, 0.05) is 25.8 Å². The van der Waals surface area contributed by atoms with E-state index in [1.54, 1.807) is 17.7 Å². The summed E-state index contributed by atoms with van der Waals surface area (Å²) in [5.74, 6) is 2.65. The lowest BCUT2D eigenvalue weighted by Crippen LogP contribution is -2.23. The second kappa shape index (κ2) is 5.88. The van der Waals surface area contributed by atoms with Gasteiger partial charge in [-0.25, -0.2) is 15.0 Å². The molecule has 3 aromatic heterocycles. The first-order chi connectivity index (χ1) is 10.9. The first-order valence-electron chi connectivity index (χ1n) is 7.48. The number of fused-ring (bicyclic) bond motifs is 1. The van der Waals surface area contributed by atoms with E-state index in [1.165, 1.54) is 11.1 Å². The Balaban J connectivity index is 1.43. The molecule has 1 aliphatic heterocycles. The number of aromatic nitrogens is 3. The molecule has 0 bridgehead atoms. The van der Waals surface area contributed by atoms with Crippen LogP contribution in [0.15, 0.2) is 42.2 Å². The highest BCUT2D eigenvalue weighted by Crippen LogP contribution is 2.31. The summed E-state index contributed by atoms with van der Waals surface area (Å²) in [5.41, 5.74) is 1.05. The number of hydrogen-bond acceptors (Lipinski definition) is 6. The summed E-state index contributed by atoms with van der Waals surface area (Å²) in [6, 6.07) is 8.00. The Kier molecular flexibility index (Phi) is 3.60. The van der Waals surface area contributed by atoms with Crippen molar-refractivity contribution >= 4 is 33.2 Å². The first-order valence-corrected chi connectivity index (χ1v) is 8.36. The van der Waals surface area contributed by atoms with Crippen molar-refractivity contribution in [1.82, 2.24) is 15.0 Å². The van der Waals surface area contributed by atoms with Gasteiger partial charge in [0.1, 0.15) is 18.0 Å². The van der Waals surface area contributed by atoms with Crippen LogP contribution in [0.3, 0.4) is 0 Å². The summed E-state index contributed by atoms with van der Waals surface area (Å²) in [4.78, 5) is 15.5. The zero-order valence-electron chi connectivity index (χ0n) is 12.1. The molecule has 0 saturated carbocycles. The predicted octanol–water partition coefficient (Wildman–Crippen LogP) is 3.02. The number of pyridine rings is 1. The minimum atomic E-state index is 0.618. The van der Waals surface area contributed by atoms with Gasteiger partial charge in [-0.15, -0.1) is 11.3 Å². The van der Waals surface area contributed by atoms with Gasteiger partial charge in [0.25, 0.3) is 0 Å². The van der Waals surface area contributed by atoms with Crippen LogP contribution in [0.25, 0.3) is 10.2 Å². The Morgan fingerprint density at radius 3 is 3.14 bits per heavy atom. The van der Waals surface area contributed by atoms with Crippen molar-refractivity contribution in [3.63, 3.8) is 0 Å². The van der Waals surface area contributed by atoms with Gasteiger partial charge < -0.3 is 10.2 Å². The van der Waals surface area contributed by atoms with Gasteiger partial charge in [0.05, 0.1) is 10.2 Å². The molecular weight excluding hydrogens is 294 g/mol. The average Bonchev–Trinajstić information content (AvgIpc) is 3.22. The van der Waals surface area contributed by atoms with Crippen LogP contribution in [0, 0.1) is 5.92 Å². The van der Waals surface area contributed by atoms with E-state index in [-0.39, 0.29) is 0 Å². The van der Waals surface area contributed by atoms with E-state index in [1.807, 2.05) is 24.4 Å². The molecule has 4 rings (SSSR count). The molecular formula is C16H17N5S. The number of rotatable bonds is 4. The van der Waals surface area contributed by atoms with Crippen LogP contribution in [0.4, 0.5) is 11.6 Å². The normalized spacial score (nSPS) is 18.0. The summed E-state index contributed by atoms with van der Waals surface area (Å²) in [7, 11) is 0. The number of hydrogen-bond donors (Lipinski definition) is 1. The molecule has 0 amide bonds. The molecule has 1 N–H and O–H groups in total. The third-order valence-corrected chi connectivity index (χ3v) is 4.95. The summed E-state index contributed by atoms with van der Waals surface area (Å²) in [6.45, 7) is 3.04. The molecule has 112 valence electrons. The third kappa shape index (κ3) is 2.62. The highest BCUT2D eigenvalue weighted by molar-refractivity contribution is 7.17. The maximum absolute atomic E-state index is 4.51. The zero-order chi connectivity index (χ0) is 14.8. The molecule has 1 atom stereocenters. The summed E-state index contributed by atoms with van der Waals surface area (Å²) < 4.78 is 1.20. The number of thiophene rings is 1. The quantitative estimate of drug-likeness (QED) is 0.802. The van der Waals surface area contributed by atoms with Gasteiger partial charge in [0.15, 0.2) is 0 Å². The second-order valence-corrected chi connectivity index (χ2v) is 6.44. The number of nitrogens with zero attached hydrogens (tertiary/aromatic N) is 4. The number of anilines is 2. The average molecular weight is 311 g/mol. The molecule has 3 aromatic rings. The van der Waals surface area contributed by atoms with Gasteiger partial charge in [-0.2, -0.15) is 0 Å². The molecule has 1 aliphatic rings. The summed E-state index contributed by atoms with van der Waals surface area (Å²) in [6.07, 6.45) is 4.66. The molecule has 1 fully saturated rings. The van der Waals surface area contributed by atoms with Crippen molar-refractivity contribution < 1.29 is 0 Å². The van der Waals surface area contributed by atoms with E-state index in [0.29, 0.717) is 5.92 Å². The van der Waals surface area contributed by atoms with E-state index in [9.17, 15) is 0 Å². The molecule has 5 nitrogen and oxygen atoms in total. The van der Waals surface area contributed by atoms with E-state index in [4.69, 9.17) is 0 Å². The summed E-state index contributed by atoms with van der Waals surface area (Å²) in [5, 5.41) is 5.51. The summed E-state index contributed by atoms with van der Waals surface area (Å²) >= 11 is 1.72. The van der Waals surface area contributed by atoms with Crippen LogP contribution < -0.4 is 10.2 Å². The highest BCUT2D eigenvalue weighted by atomic mass is 32.1. The Hall–Kier alpha value is -2.21. The second-order valence-electron chi connectivity index (χ2n) is 5.53. The Bertz CT molecular complexity index is 757. The van der Waals surface area contributed by atoms with Crippen LogP contribution in [-0.2, 0) is 0 Å². The Labute approximate surface area is 133 Å². The minimum Gasteiger partial charge on any atom is -0.370 e. The maximum atomic E-state index is 4.51. The maximum Gasteiger partial charge on any atom is 0.150 e. The lowest BCUT2D eigenvalue weighted by atomic mass is 10.1. The van der Waals surface area contributed by atoms with Crippen molar-refractivity contribution in [3.05, 3.63) is 42.2 Å². The monoisotopic (exact) mass is 311 g/mol. The van der Waals surface area contributed by atoms with Crippen LogP contribution in [0.1, 0.15) is 6.42 Å². The molecule has 0 aliphatic carbocycles. The Morgan fingerprint density at radius 1 is 1.23 bits per heavy atom. The largest absolute Gasteiger partial charge is 0.370 e. The molecule has 4 heterocycles. The van der Waals surface area contributed by atoms with Crippen molar-refractivity contribution in [2.45, 2.75) is 6.42 Å². The Morgan fingerprint density at radius 2 is 2.23 bits per heavy atom. The standard InChI is InChI=1S/C16H17N5S/c1-2-6-17-14(3-1)18-9-12-4-7-21(10-12)16-15-13(5-8-22-15)19-11-20-16/h1-3,5-6,8,11-12H,4,7,9-10H2,(H,17,18)/t12-/m1/s1. The third-order valence-electron chi connectivity index (χ3n) is 4.05. The van der Waals surface area contributed by atoms with Crippen molar-refractivity contribution in [2.24, 2.45) is 5.92 Å². The van der Waals surface area contributed by atoms with Gasteiger partial charge in [-0.05, 0) is 35.9 Å². The van der Waals surface area contributed by atoms with Crippen LogP contribution in [0.5, 0.6) is 0 Å². The smallest absolute Gasteiger partial charge is 0.150 e. The molecule has 0 aromatic carbocycles. The van der Waals surface area contributed by atoms with E-state index in [2.05, 4.69) is 36.6 Å². The molecule has 1 saturated heterocycles. The lowest BCUT2D eigenvalue weighted by molar-refractivity contribution is 0.621. The topological polar surface area (TPSA) is 53.9 Å². The van der Waals surface area contributed by atoms with Crippen LogP contribution in [0.2, 0.25) is 0 Å². The van der Waals surface area contributed by atoms with Gasteiger partial charge in [-0.3, -0.25) is 0 Å². The van der Waals surface area contributed by atoms with Crippen molar-refractivity contribution in [3.8, 4) is 0 Å². The fourth-order valence-electron chi connectivity index (χ4n) is 2.91. The number of nitrogens with one attached hydrogen (secondary N) is 1. The van der Waals surface area contributed by atoms with Crippen molar-refractivity contribution in [2.75, 3.05) is 29.9 Å². The SMILES string of the molecule is c1ccc(NC[C@H]2CCN(c3ncnc4ccsc34)C2)nc1. The van der Waals surface area contributed by atoms with Gasteiger partial charge >= 0.3 is 0 Å². The fraction of sp³-hybridized carbons (Fsp3) is 0.312. The first kappa shape index (κ1) is 13.5. The highest BCUT2D eigenvalue weighted by Gasteiger charge is 2.25. The van der Waals surface area contributed by atoms with Gasteiger partial charge in [0.2, 0.25) is 0 Å². The van der Waals surface area contributed by atoms with E-state index >= 15 is 0 Å². The van der Waals surface area contributed by atoms with Crippen molar-refractivity contribution in [1.29, 1.82) is 0 Å². The molecule has 22 heavy (non-hydrogen) atoms. The van der Waals surface area contributed by atoms with E-state index in [0.717, 1.165) is 36.8 Å². The fourth-order valence-corrected chi connectivity index (χ4v) is 3.77. The lowest BCUT2D eigenvalue weighted by Gasteiger charge is -2.18. The van der Waals surface area contributed by atoms with Crippen LogP contribution >= 0.6 is 11.3 Å². The predicted molar refractivity (Wildman–Crippen MR) is 90.5 cm³/mol. The van der Waals surface area contributed by atoms with E-state index < -0.39 is 0 Å². The van der Waals surface area contributed by atoms with Gasteiger partial charge in [-0.1, -0.05) is 6.07 Å². The molecule has 0 unspecified atom stereocenters. The van der Waals surface area contributed by atoms with Crippen LogP contribution in [-0.4, -0.2) is 34.6 Å². The molecule has 6 heteroatoms.